The quantitative estimate of drug-likeness (QED) is 0.366. The van der Waals surface area contributed by atoms with Crippen LogP contribution in [0.3, 0.4) is 0 Å². The first kappa shape index (κ1) is 18.5. The minimum Gasteiger partial charge on any atom is -0.481 e. The molecular weight excluding hydrogens is 260 g/mol. The molecule has 2 nitrogen and oxygen atoms in total. The molecule has 1 rings (SSSR count). The summed E-state index contributed by atoms with van der Waals surface area (Å²) in [5.41, 5.74) is 0. The van der Waals surface area contributed by atoms with Gasteiger partial charge in [0.25, 0.3) is 0 Å². The third-order valence-corrected chi connectivity index (χ3v) is 4.96. The van der Waals surface area contributed by atoms with E-state index in [-0.39, 0.29) is 0 Å². The molecule has 0 radical (unpaired) electrons. The highest BCUT2D eigenvalue weighted by molar-refractivity contribution is 5.66. The van der Waals surface area contributed by atoms with Gasteiger partial charge in [-0.1, -0.05) is 84.0 Å². The first-order chi connectivity index (χ1) is 10.2. The fraction of sp³-hybridized carbons (Fsp3) is 0.947. The van der Waals surface area contributed by atoms with Crippen molar-refractivity contribution in [3.63, 3.8) is 0 Å². The van der Waals surface area contributed by atoms with E-state index in [2.05, 4.69) is 6.92 Å². The van der Waals surface area contributed by atoms with Crippen LogP contribution < -0.4 is 0 Å². The Morgan fingerprint density at radius 1 is 0.810 bits per heavy atom. The van der Waals surface area contributed by atoms with Crippen molar-refractivity contribution in [2.45, 2.75) is 103 Å². The predicted octanol–water partition coefficient (Wildman–Crippen LogP) is 6.19. The van der Waals surface area contributed by atoms with Gasteiger partial charge in [0, 0.05) is 6.42 Å². The molecule has 1 fully saturated rings. The van der Waals surface area contributed by atoms with Crippen LogP contribution in [0, 0.1) is 11.8 Å². The van der Waals surface area contributed by atoms with Crippen LogP contribution in [-0.4, -0.2) is 11.1 Å². The van der Waals surface area contributed by atoms with E-state index in [1.165, 1.54) is 77.0 Å². The van der Waals surface area contributed by atoms with Crippen molar-refractivity contribution in [3.05, 3.63) is 0 Å². The van der Waals surface area contributed by atoms with E-state index < -0.39 is 5.97 Å². The molecule has 21 heavy (non-hydrogen) atoms. The monoisotopic (exact) mass is 296 g/mol. The van der Waals surface area contributed by atoms with Gasteiger partial charge in [-0.2, -0.15) is 0 Å². The molecule has 1 saturated carbocycles. The summed E-state index contributed by atoms with van der Waals surface area (Å²) in [6, 6.07) is 0. The molecular formula is C19H36O2. The molecule has 0 aromatic carbocycles. The van der Waals surface area contributed by atoms with Gasteiger partial charge in [-0.15, -0.1) is 0 Å². The van der Waals surface area contributed by atoms with E-state index in [4.69, 9.17) is 5.11 Å². The average Bonchev–Trinajstić information content (AvgIpc) is 3.20. The van der Waals surface area contributed by atoms with Crippen molar-refractivity contribution in [3.8, 4) is 0 Å². The van der Waals surface area contributed by atoms with Crippen molar-refractivity contribution in [2.24, 2.45) is 11.8 Å². The third-order valence-electron chi connectivity index (χ3n) is 4.96. The van der Waals surface area contributed by atoms with E-state index in [1.807, 2.05) is 0 Å². The van der Waals surface area contributed by atoms with Gasteiger partial charge in [-0.05, 0) is 24.7 Å². The van der Waals surface area contributed by atoms with Crippen LogP contribution in [0.15, 0.2) is 0 Å². The predicted molar refractivity (Wildman–Crippen MR) is 89.5 cm³/mol. The Labute approximate surface area is 131 Å². The Balaban J connectivity index is 1.76. The van der Waals surface area contributed by atoms with E-state index in [1.54, 1.807) is 0 Å². The van der Waals surface area contributed by atoms with Crippen molar-refractivity contribution in [1.29, 1.82) is 0 Å². The second-order valence-corrected chi connectivity index (χ2v) is 7.01. The molecule has 0 unspecified atom stereocenters. The van der Waals surface area contributed by atoms with Gasteiger partial charge in [0.15, 0.2) is 0 Å². The van der Waals surface area contributed by atoms with Crippen molar-refractivity contribution >= 4 is 5.97 Å². The second-order valence-electron chi connectivity index (χ2n) is 7.01. The highest BCUT2D eigenvalue weighted by atomic mass is 16.4. The lowest BCUT2D eigenvalue weighted by atomic mass is 10.0. The Morgan fingerprint density at radius 3 is 1.81 bits per heavy atom. The lowest BCUT2D eigenvalue weighted by molar-refractivity contribution is -0.137. The van der Waals surface area contributed by atoms with Crippen LogP contribution >= 0.6 is 0 Å². The second kappa shape index (κ2) is 12.1. The maximum absolute atomic E-state index is 10.4. The smallest absolute Gasteiger partial charge is 0.303 e. The molecule has 0 aromatic heterocycles. The number of carboxylic acid groups (broad SMARTS) is 1. The first-order valence-electron chi connectivity index (χ1n) is 9.45. The zero-order chi connectivity index (χ0) is 15.3. The van der Waals surface area contributed by atoms with Crippen LogP contribution in [0.1, 0.15) is 103 Å². The summed E-state index contributed by atoms with van der Waals surface area (Å²) in [6.45, 7) is 2.28. The summed E-state index contributed by atoms with van der Waals surface area (Å²) in [5, 5.41) is 8.59. The van der Waals surface area contributed by atoms with Gasteiger partial charge in [0.1, 0.15) is 0 Å². The molecule has 124 valence electrons. The zero-order valence-corrected chi connectivity index (χ0v) is 14.1. The summed E-state index contributed by atoms with van der Waals surface area (Å²) >= 11 is 0. The molecule has 0 heterocycles. The molecule has 1 aliphatic rings. The summed E-state index contributed by atoms with van der Waals surface area (Å²) in [6.07, 6.45) is 19.3. The Hall–Kier alpha value is -0.530. The van der Waals surface area contributed by atoms with Gasteiger partial charge < -0.3 is 5.11 Å². The average molecular weight is 296 g/mol. The van der Waals surface area contributed by atoms with Crippen molar-refractivity contribution < 1.29 is 9.90 Å². The molecule has 0 amide bonds. The molecule has 2 heteroatoms. The number of rotatable bonds is 15. The minimum absolute atomic E-state index is 0.357. The molecule has 1 aliphatic carbocycles. The zero-order valence-electron chi connectivity index (χ0n) is 14.1. The lowest BCUT2D eigenvalue weighted by Gasteiger charge is -2.02. The Morgan fingerprint density at radius 2 is 1.29 bits per heavy atom. The number of carboxylic acids is 1. The number of unbranched alkanes of at least 4 members (excludes halogenated alkanes) is 9. The van der Waals surface area contributed by atoms with Gasteiger partial charge in [-0.3, -0.25) is 4.79 Å². The topological polar surface area (TPSA) is 37.3 Å². The number of aliphatic carboxylic acids is 1. The Bertz CT molecular complexity index is 262. The van der Waals surface area contributed by atoms with Crippen LogP contribution in [-0.2, 0) is 4.79 Å². The van der Waals surface area contributed by atoms with E-state index in [0.717, 1.165) is 24.7 Å². The lowest BCUT2D eigenvalue weighted by Crippen LogP contribution is -1.94. The van der Waals surface area contributed by atoms with Crippen LogP contribution in [0.5, 0.6) is 0 Å². The first-order valence-corrected chi connectivity index (χ1v) is 9.45. The molecule has 0 saturated heterocycles. The van der Waals surface area contributed by atoms with Gasteiger partial charge >= 0.3 is 5.97 Å². The van der Waals surface area contributed by atoms with Crippen LogP contribution in [0.4, 0.5) is 0 Å². The van der Waals surface area contributed by atoms with E-state index in [9.17, 15) is 4.79 Å². The van der Waals surface area contributed by atoms with Crippen LogP contribution in [0.2, 0.25) is 0 Å². The summed E-state index contributed by atoms with van der Waals surface area (Å²) < 4.78 is 0. The normalized spacial score (nSPS) is 20.6. The van der Waals surface area contributed by atoms with Crippen molar-refractivity contribution in [1.82, 2.24) is 0 Å². The summed E-state index contributed by atoms with van der Waals surface area (Å²) in [5.74, 6) is 1.28. The standard InChI is InChI=1S/C19H36O2/c1-2-3-4-5-6-7-8-9-10-13-17-16-18(17)14-11-12-15-19(20)21/h17-18H,2-16H2,1H3,(H,20,21)/t17-,18+/m0/s1. The third kappa shape index (κ3) is 10.8. The molecule has 0 bridgehead atoms. The number of hydrogen-bond acceptors (Lipinski definition) is 1. The van der Waals surface area contributed by atoms with E-state index in [0.29, 0.717) is 6.42 Å². The van der Waals surface area contributed by atoms with E-state index >= 15 is 0 Å². The number of hydrogen-bond donors (Lipinski definition) is 1. The molecule has 0 aliphatic heterocycles. The highest BCUT2D eigenvalue weighted by Gasteiger charge is 2.35. The summed E-state index contributed by atoms with van der Waals surface area (Å²) in [7, 11) is 0. The fourth-order valence-corrected chi connectivity index (χ4v) is 3.42. The fourth-order valence-electron chi connectivity index (χ4n) is 3.42. The molecule has 1 N–H and O–H groups in total. The largest absolute Gasteiger partial charge is 0.481 e. The van der Waals surface area contributed by atoms with Gasteiger partial charge in [0.05, 0.1) is 0 Å². The molecule has 2 atom stereocenters. The highest BCUT2D eigenvalue weighted by Crippen LogP contribution is 2.45. The van der Waals surface area contributed by atoms with Gasteiger partial charge in [0.2, 0.25) is 0 Å². The SMILES string of the molecule is CCCCCCCCCCC[C@H]1C[C@H]1CCCCC(=O)O. The minimum atomic E-state index is -0.642. The van der Waals surface area contributed by atoms with Crippen molar-refractivity contribution in [2.75, 3.05) is 0 Å². The molecule has 0 spiro atoms. The summed E-state index contributed by atoms with van der Waals surface area (Å²) in [4.78, 5) is 10.4. The molecule has 0 aromatic rings. The maximum Gasteiger partial charge on any atom is 0.303 e. The van der Waals surface area contributed by atoms with Gasteiger partial charge in [-0.25, -0.2) is 0 Å². The maximum atomic E-state index is 10.4. The Kier molecular flexibility index (Phi) is 10.6. The van der Waals surface area contributed by atoms with Crippen LogP contribution in [0.25, 0.3) is 0 Å². The number of carbonyl (C=O) groups is 1.